The first kappa shape index (κ1) is 12.2. The lowest BCUT2D eigenvalue weighted by Gasteiger charge is -2.06. The number of furan rings is 1. The summed E-state index contributed by atoms with van der Waals surface area (Å²) < 4.78 is 5.93. The van der Waals surface area contributed by atoms with Gasteiger partial charge in [0.05, 0.1) is 22.5 Å². The second-order valence-corrected chi connectivity index (χ2v) is 4.79. The highest BCUT2D eigenvalue weighted by Crippen LogP contribution is 2.26. The van der Waals surface area contributed by atoms with Gasteiger partial charge < -0.3 is 9.73 Å². The summed E-state index contributed by atoms with van der Waals surface area (Å²) in [6, 6.07) is 6.89. The van der Waals surface area contributed by atoms with E-state index in [9.17, 15) is 4.79 Å². The smallest absolute Gasteiger partial charge is 0.259 e. The largest absolute Gasteiger partial charge is 0.469 e. The minimum Gasteiger partial charge on any atom is -0.469 e. The van der Waals surface area contributed by atoms with Crippen LogP contribution in [0.3, 0.4) is 0 Å². The number of carbonyl (C=O) groups is 1. The molecule has 17 heavy (non-hydrogen) atoms. The van der Waals surface area contributed by atoms with Gasteiger partial charge in [0.15, 0.2) is 0 Å². The first-order valence-electron chi connectivity index (χ1n) is 4.88. The normalized spacial score (nSPS) is 10.3. The number of amides is 1. The predicted molar refractivity (Wildman–Crippen MR) is 70.6 cm³/mol. The summed E-state index contributed by atoms with van der Waals surface area (Å²) in [5.74, 6) is 0.344. The zero-order chi connectivity index (χ0) is 12.4. The highest BCUT2D eigenvalue weighted by atomic mass is 79.9. The van der Waals surface area contributed by atoms with Crippen molar-refractivity contribution in [2.75, 3.05) is 5.32 Å². The fourth-order valence-corrected chi connectivity index (χ4v) is 2.12. The maximum atomic E-state index is 11.9. The zero-order valence-electron chi connectivity index (χ0n) is 8.96. The van der Waals surface area contributed by atoms with Crippen LogP contribution in [0.5, 0.6) is 0 Å². The molecule has 1 amide bonds. The Bertz CT molecular complexity index is 565. The summed E-state index contributed by atoms with van der Waals surface area (Å²) in [4.78, 5) is 11.9. The number of hydrogen-bond donors (Lipinski definition) is 1. The van der Waals surface area contributed by atoms with Gasteiger partial charge >= 0.3 is 0 Å². The highest BCUT2D eigenvalue weighted by Gasteiger charge is 2.12. The maximum Gasteiger partial charge on any atom is 0.259 e. The molecule has 5 heteroatoms. The predicted octanol–water partition coefficient (Wildman–Crippen LogP) is 4.26. The van der Waals surface area contributed by atoms with Crippen LogP contribution in [-0.4, -0.2) is 5.91 Å². The van der Waals surface area contributed by atoms with E-state index in [1.54, 1.807) is 25.1 Å². The van der Waals surface area contributed by atoms with Crippen molar-refractivity contribution >= 4 is 39.1 Å². The van der Waals surface area contributed by atoms with Crippen molar-refractivity contribution in [3.05, 3.63) is 51.3 Å². The van der Waals surface area contributed by atoms with Crippen LogP contribution >= 0.6 is 27.5 Å². The van der Waals surface area contributed by atoms with Gasteiger partial charge in [-0.3, -0.25) is 4.79 Å². The average Bonchev–Trinajstić information content (AvgIpc) is 2.68. The number of halogens is 2. The third kappa shape index (κ3) is 2.70. The Morgan fingerprint density at radius 1 is 1.41 bits per heavy atom. The molecule has 0 aliphatic carbocycles. The fraction of sp³-hybridized carbons (Fsp3) is 0.0833. The van der Waals surface area contributed by atoms with Crippen LogP contribution in [0.25, 0.3) is 0 Å². The molecular formula is C12H9BrClNO2. The van der Waals surface area contributed by atoms with E-state index >= 15 is 0 Å². The third-order valence-corrected chi connectivity index (χ3v) is 3.09. The van der Waals surface area contributed by atoms with E-state index in [1.807, 2.05) is 6.07 Å². The molecule has 2 rings (SSSR count). The molecule has 88 valence electrons. The Kier molecular flexibility index (Phi) is 3.54. The number of carbonyl (C=O) groups excluding carboxylic acids is 1. The van der Waals surface area contributed by atoms with E-state index in [4.69, 9.17) is 16.0 Å². The molecule has 3 nitrogen and oxygen atoms in total. The van der Waals surface area contributed by atoms with E-state index < -0.39 is 0 Å². The Morgan fingerprint density at radius 2 is 2.18 bits per heavy atom. The molecule has 1 aromatic heterocycles. The minimum absolute atomic E-state index is 0.236. The van der Waals surface area contributed by atoms with Gasteiger partial charge in [0, 0.05) is 4.47 Å². The van der Waals surface area contributed by atoms with Crippen LogP contribution < -0.4 is 5.32 Å². The van der Waals surface area contributed by atoms with Gasteiger partial charge in [-0.1, -0.05) is 27.5 Å². The molecule has 2 aromatic rings. The lowest BCUT2D eigenvalue weighted by atomic mass is 10.2. The van der Waals surface area contributed by atoms with Crippen LogP contribution in [0.4, 0.5) is 5.69 Å². The minimum atomic E-state index is -0.236. The van der Waals surface area contributed by atoms with Gasteiger partial charge in [-0.25, -0.2) is 0 Å². The summed E-state index contributed by atoms with van der Waals surface area (Å²) in [7, 11) is 0. The van der Waals surface area contributed by atoms with Gasteiger partial charge in [-0.15, -0.1) is 0 Å². The molecule has 0 bridgehead atoms. The Labute approximate surface area is 112 Å². The van der Waals surface area contributed by atoms with Crippen LogP contribution in [0, 0.1) is 6.92 Å². The maximum absolute atomic E-state index is 11.9. The van der Waals surface area contributed by atoms with E-state index in [2.05, 4.69) is 21.2 Å². The van der Waals surface area contributed by atoms with Crippen molar-refractivity contribution in [2.24, 2.45) is 0 Å². The Balaban J connectivity index is 2.22. The first-order valence-corrected chi connectivity index (χ1v) is 6.05. The molecule has 1 N–H and O–H groups in total. The van der Waals surface area contributed by atoms with E-state index in [0.29, 0.717) is 22.0 Å². The first-order chi connectivity index (χ1) is 8.08. The molecule has 0 radical (unpaired) electrons. The van der Waals surface area contributed by atoms with Crippen molar-refractivity contribution in [1.82, 2.24) is 0 Å². The number of benzene rings is 1. The highest BCUT2D eigenvalue weighted by molar-refractivity contribution is 9.10. The van der Waals surface area contributed by atoms with Crippen molar-refractivity contribution in [1.29, 1.82) is 0 Å². The molecule has 0 aliphatic heterocycles. The Morgan fingerprint density at radius 3 is 2.76 bits per heavy atom. The van der Waals surface area contributed by atoms with Crippen molar-refractivity contribution < 1.29 is 9.21 Å². The molecule has 0 aliphatic rings. The molecule has 0 saturated carbocycles. The Hall–Kier alpha value is -1.26. The molecule has 0 spiro atoms. The number of aryl methyl sites for hydroxylation is 1. The van der Waals surface area contributed by atoms with Gasteiger partial charge in [-0.05, 0) is 31.2 Å². The lowest BCUT2D eigenvalue weighted by Crippen LogP contribution is -2.12. The lowest BCUT2D eigenvalue weighted by molar-refractivity contribution is 0.102. The van der Waals surface area contributed by atoms with Crippen LogP contribution in [0.2, 0.25) is 5.02 Å². The van der Waals surface area contributed by atoms with Crippen LogP contribution in [-0.2, 0) is 0 Å². The second-order valence-electron chi connectivity index (χ2n) is 3.47. The van der Waals surface area contributed by atoms with Gasteiger partial charge in [-0.2, -0.15) is 0 Å². The van der Waals surface area contributed by atoms with E-state index in [-0.39, 0.29) is 5.91 Å². The van der Waals surface area contributed by atoms with Crippen molar-refractivity contribution in [3.63, 3.8) is 0 Å². The van der Waals surface area contributed by atoms with Crippen LogP contribution in [0.1, 0.15) is 16.1 Å². The quantitative estimate of drug-likeness (QED) is 0.900. The molecule has 1 aromatic carbocycles. The molecule has 0 saturated heterocycles. The molecule has 0 unspecified atom stereocenters. The molecular weight excluding hydrogens is 305 g/mol. The number of nitrogens with one attached hydrogen (secondary N) is 1. The van der Waals surface area contributed by atoms with Gasteiger partial charge in [0.1, 0.15) is 5.76 Å². The summed E-state index contributed by atoms with van der Waals surface area (Å²) in [5, 5.41) is 3.21. The van der Waals surface area contributed by atoms with Crippen molar-refractivity contribution in [3.8, 4) is 0 Å². The van der Waals surface area contributed by atoms with E-state index in [0.717, 1.165) is 4.47 Å². The topological polar surface area (TPSA) is 42.2 Å². The van der Waals surface area contributed by atoms with Crippen LogP contribution in [0.15, 0.2) is 39.4 Å². The number of hydrogen-bond acceptors (Lipinski definition) is 2. The van der Waals surface area contributed by atoms with Gasteiger partial charge in [0.25, 0.3) is 5.91 Å². The SMILES string of the molecule is Cc1occc1C(=O)Nc1ccc(Br)cc1Cl. The summed E-state index contributed by atoms with van der Waals surface area (Å²) in [6.45, 7) is 1.73. The third-order valence-electron chi connectivity index (χ3n) is 2.28. The number of rotatable bonds is 2. The second kappa shape index (κ2) is 4.94. The zero-order valence-corrected chi connectivity index (χ0v) is 11.3. The monoisotopic (exact) mass is 313 g/mol. The molecule has 1 heterocycles. The molecule has 0 fully saturated rings. The molecule has 0 atom stereocenters. The van der Waals surface area contributed by atoms with E-state index in [1.165, 1.54) is 6.26 Å². The van der Waals surface area contributed by atoms with Crippen molar-refractivity contribution in [2.45, 2.75) is 6.92 Å². The summed E-state index contributed by atoms with van der Waals surface area (Å²) in [6.07, 6.45) is 1.48. The average molecular weight is 315 g/mol. The standard InChI is InChI=1S/C12H9BrClNO2/c1-7-9(4-5-17-7)12(16)15-11-3-2-8(13)6-10(11)14/h2-6H,1H3,(H,15,16). The van der Waals surface area contributed by atoms with Gasteiger partial charge in [0.2, 0.25) is 0 Å². The summed E-state index contributed by atoms with van der Waals surface area (Å²) >= 11 is 9.31. The fourth-order valence-electron chi connectivity index (χ4n) is 1.40. The summed E-state index contributed by atoms with van der Waals surface area (Å²) in [5.41, 5.74) is 1.07. The number of anilines is 1.